The molecule has 1 aromatic heterocycles. The molecule has 1 aromatic carbocycles. The number of nitrogens with one attached hydrogen (secondary N) is 1. The van der Waals surface area contributed by atoms with Gasteiger partial charge in [0.2, 0.25) is 0 Å². The maximum Gasteiger partial charge on any atom is 0.433 e. The van der Waals surface area contributed by atoms with E-state index >= 15 is 0 Å². The molecule has 3 rings (SSSR count). The predicted molar refractivity (Wildman–Crippen MR) is 87.5 cm³/mol. The van der Waals surface area contributed by atoms with Gasteiger partial charge < -0.3 is 9.73 Å². The number of amides is 1. The van der Waals surface area contributed by atoms with Crippen molar-refractivity contribution in [3.63, 3.8) is 0 Å². The second kappa shape index (κ2) is 7.27. The fourth-order valence-corrected chi connectivity index (χ4v) is 2.78. The fourth-order valence-electron chi connectivity index (χ4n) is 2.78. The van der Waals surface area contributed by atoms with Crippen LogP contribution in [0.4, 0.5) is 5.88 Å². The van der Waals surface area contributed by atoms with Crippen molar-refractivity contribution >= 4 is 11.8 Å². The number of carbonyl (C=O) groups excluding carboxylic acids is 1. The molecule has 126 valence electrons. The molecule has 0 spiro atoms. The number of likely N-dealkylation sites (tertiary alicyclic amines) is 1. The smallest absolute Gasteiger partial charge is 0.395 e. The zero-order valence-corrected chi connectivity index (χ0v) is 13.2. The van der Waals surface area contributed by atoms with Gasteiger partial charge in [0.05, 0.1) is 6.07 Å². The van der Waals surface area contributed by atoms with Crippen molar-refractivity contribution in [1.29, 1.82) is 0 Å². The minimum absolute atomic E-state index is 0.0626. The van der Waals surface area contributed by atoms with Crippen molar-refractivity contribution in [1.82, 2.24) is 10.2 Å². The van der Waals surface area contributed by atoms with Crippen LogP contribution in [-0.4, -0.2) is 28.8 Å². The highest BCUT2D eigenvalue weighted by atomic mass is 16.6. The summed E-state index contributed by atoms with van der Waals surface area (Å²) in [7, 11) is 0. The van der Waals surface area contributed by atoms with Crippen molar-refractivity contribution in [2.45, 2.75) is 25.9 Å². The van der Waals surface area contributed by atoms with Gasteiger partial charge >= 0.3 is 5.88 Å². The Morgan fingerprint density at radius 2 is 1.79 bits per heavy atom. The first-order chi connectivity index (χ1) is 11.6. The van der Waals surface area contributed by atoms with E-state index in [9.17, 15) is 14.9 Å². The lowest BCUT2D eigenvalue weighted by Gasteiger charge is -2.14. The molecule has 2 aromatic rings. The van der Waals surface area contributed by atoms with Crippen LogP contribution in [0.1, 0.15) is 34.5 Å². The molecule has 1 fully saturated rings. The minimum atomic E-state index is -0.671. The highest BCUT2D eigenvalue weighted by molar-refractivity contribution is 5.91. The Bertz CT molecular complexity index is 718. The number of carbonyl (C=O) groups is 1. The van der Waals surface area contributed by atoms with Gasteiger partial charge in [0.25, 0.3) is 5.91 Å². The van der Waals surface area contributed by atoms with E-state index in [2.05, 4.69) is 22.3 Å². The molecule has 7 nitrogen and oxygen atoms in total. The van der Waals surface area contributed by atoms with Gasteiger partial charge in [-0.25, -0.2) is 0 Å². The summed E-state index contributed by atoms with van der Waals surface area (Å²) in [6, 6.07) is 10.6. The molecule has 1 aliphatic rings. The van der Waals surface area contributed by atoms with Crippen LogP contribution in [0.5, 0.6) is 0 Å². The van der Waals surface area contributed by atoms with Crippen molar-refractivity contribution in [3.8, 4) is 0 Å². The number of nitro groups is 1. The van der Waals surface area contributed by atoms with E-state index in [1.807, 2.05) is 12.1 Å². The first-order valence-electron chi connectivity index (χ1n) is 7.94. The Labute approximate surface area is 139 Å². The van der Waals surface area contributed by atoms with Crippen molar-refractivity contribution in [2.75, 3.05) is 13.1 Å². The Hall–Kier alpha value is -2.67. The van der Waals surface area contributed by atoms with Crippen molar-refractivity contribution in [2.24, 2.45) is 0 Å². The summed E-state index contributed by atoms with van der Waals surface area (Å²) in [5.41, 5.74) is 2.23. The second-order valence-electron chi connectivity index (χ2n) is 5.88. The van der Waals surface area contributed by atoms with Gasteiger partial charge in [-0.2, -0.15) is 0 Å². The first kappa shape index (κ1) is 16.2. The fraction of sp³-hybridized carbons (Fsp3) is 0.353. The van der Waals surface area contributed by atoms with E-state index in [1.165, 1.54) is 30.5 Å². The van der Waals surface area contributed by atoms with E-state index < -0.39 is 16.7 Å². The molecule has 24 heavy (non-hydrogen) atoms. The van der Waals surface area contributed by atoms with Crippen molar-refractivity contribution in [3.05, 3.63) is 63.4 Å². The number of hydrogen-bond acceptors (Lipinski definition) is 5. The summed E-state index contributed by atoms with van der Waals surface area (Å²) < 4.78 is 4.87. The molecule has 2 heterocycles. The van der Waals surface area contributed by atoms with Crippen LogP contribution < -0.4 is 5.32 Å². The van der Waals surface area contributed by atoms with Gasteiger partial charge in [0, 0.05) is 13.1 Å². The average molecular weight is 329 g/mol. The Kier molecular flexibility index (Phi) is 4.90. The summed E-state index contributed by atoms with van der Waals surface area (Å²) in [5.74, 6) is -0.969. The molecular weight excluding hydrogens is 310 g/mol. The molecular formula is C17H19N3O4. The molecule has 0 radical (unpaired) electrons. The molecule has 7 heteroatoms. The highest BCUT2D eigenvalue weighted by Gasteiger charge is 2.17. The highest BCUT2D eigenvalue weighted by Crippen LogP contribution is 2.16. The Morgan fingerprint density at radius 3 is 2.42 bits per heavy atom. The van der Waals surface area contributed by atoms with Crippen LogP contribution in [-0.2, 0) is 13.1 Å². The standard InChI is InChI=1S/C17H19N3O4/c21-17(15-7-8-16(24-15)20(22)23)18-11-13-3-5-14(6-4-13)12-19-9-1-2-10-19/h3-8H,1-2,9-12H2,(H,18,21). The Morgan fingerprint density at radius 1 is 1.12 bits per heavy atom. The van der Waals surface area contributed by atoms with Gasteiger partial charge in [-0.15, -0.1) is 0 Å². The van der Waals surface area contributed by atoms with E-state index in [0.29, 0.717) is 6.54 Å². The van der Waals surface area contributed by atoms with E-state index in [0.717, 1.165) is 25.2 Å². The van der Waals surface area contributed by atoms with Crippen LogP contribution >= 0.6 is 0 Å². The van der Waals surface area contributed by atoms with Crippen LogP contribution in [0.25, 0.3) is 0 Å². The van der Waals surface area contributed by atoms with Crippen molar-refractivity contribution < 1.29 is 14.1 Å². The van der Waals surface area contributed by atoms with Gasteiger partial charge in [-0.05, 0) is 43.1 Å². The lowest BCUT2D eigenvalue weighted by molar-refractivity contribution is -0.402. The molecule has 1 amide bonds. The van der Waals surface area contributed by atoms with Gasteiger partial charge in [0.15, 0.2) is 5.76 Å². The van der Waals surface area contributed by atoms with Gasteiger partial charge in [-0.1, -0.05) is 24.3 Å². The monoisotopic (exact) mass is 329 g/mol. The SMILES string of the molecule is O=C(NCc1ccc(CN2CCCC2)cc1)c1ccc([N+](=O)[O-])o1. The molecule has 0 aliphatic carbocycles. The largest absolute Gasteiger partial charge is 0.433 e. The van der Waals surface area contributed by atoms with Crippen LogP contribution in [0, 0.1) is 10.1 Å². The number of hydrogen-bond donors (Lipinski definition) is 1. The summed E-state index contributed by atoms with van der Waals surface area (Å²) >= 11 is 0. The summed E-state index contributed by atoms with van der Waals surface area (Å²) in [6.45, 7) is 3.63. The topological polar surface area (TPSA) is 88.6 Å². The molecule has 0 saturated carbocycles. The summed E-state index contributed by atoms with van der Waals surface area (Å²) in [4.78, 5) is 24.2. The Balaban J connectivity index is 1.52. The molecule has 0 unspecified atom stereocenters. The summed E-state index contributed by atoms with van der Waals surface area (Å²) in [5, 5.41) is 13.2. The number of rotatable bonds is 6. The first-order valence-corrected chi connectivity index (χ1v) is 7.94. The predicted octanol–water partition coefficient (Wildman–Crippen LogP) is 2.71. The maximum absolute atomic E-state index is 11.9. The molecule has 0 atom stereocenters. The third-order valence-electron chi connectivity index (χ3n) is 4.08. The van der Waals surface area contributed by atoms with Crippen LogP contribution in [0.3, 0.4) is 0 Å². The number of nitrogens with zero attached hydrogens (tertiary/aromatic N) is 2. The molecule has 1 N–H and O–H groups in total. The van der Waals surface area contributed by atoms with Crippen LogP contribution in [0.15, 0.2) is 40.8 Å². The molecule has 1 saturated heterocycles. The van der Waals surface area contributed by atoms with E-state index in [4.69, 9.17) is 4.42 Å². The minimum Gasteiger partial charge on any atom is -0.395 e. The third-order valence-corrected chi connectivity index (χ3v) is 4.08. The maximum atomic E-state index is 11.9. The summed E-state index contributed by atoms with van der Waals surface area (Å²) in [6.07, 6.45) is 2.55. The zero-order chi connectivity index (χ0) is 16.9. The molecule has 0 bridgehead atoms. The average Bonchev–Trinajstić information content (AvgIpc) is 3.25. The molecule has 1 aliphatic heterocycles. The normalized spacial score (nSPS) is 14.7. The number of furan rings is 1. The zero-order valence-electron chi connectivity index (χ0n) is 13.2. The van der Waals surface area contributed by atoms with E-state index in [-0.39, 0.29) is 5.76 Å². The van der Waals surface area contributed by atoms with Gasteiger partial charge in [0.1, 0.15) is 4.92 Å². The van der Waals surface area contributed by atoms with E-state index in [1.54, 1.807) is 0 Å². The quantitative estimate of drug-likeness (QED) is 0.650. The second-order valence-corrected chi connectivity index (χ2v) is 5.88. The number of benzene rings is 1. The lowest BCUT2D eigenvalue weighted by atomic mass is 10.1. The van der Waals surface area contributed by atoms with Gasteiger partial charge in [-0.3, -0.25) is 19.8 Å². The van der Waals surface area contributed by atoms with Crippen LogP contribution in [0.2, 0.25) is 0 Å². The lowest BCUT2D eigenvalue weighted by Crippen LogP contribution is -2.22. The third kappa shape index (κ3) is 3.99.